The second-order valence-electron chi connectivity index (χ2n) is 7.55. The van der Waals surface area contributed by atoms with Crippen LogP contribution in [0.15, 0.2) is 36.4 Å². The smallest absolute Gasteiger partial charge is 0.231 e. The van der Waals surface area contributed by atoms with Gasteiger partial charge in [-0.15, -0.1) is 0 Å². The predicted molar refractivity (Wildman–Crippen MR) is 111 cm³/mol. The lowest BCUT2D eigenvalue weighted by Crippen LogP contribution is -2.45. The number of fused-ring (bicyclic) bond motifs is 1. The summed E-state index contributed by atoms with van der Waals surface area (Å²) in [6.07, 6.45) is 0. The van der Waals surface area contributed by atoms with Crippen LogP contribution in [0.4, 0.5) is 0 Å². The summed E-state index contributed by atoms with van der Waals surface area (Å²) in [5.74, 6) is 2.63. The molecule has 0 aliphatic carbocycles. The molecule has 2 aliphatic heterocycles. The molecule has 2 aromatic rings. The third kappa shape index (κ3) is 4.71. The Labute approximate surface area is 172 Å². The van der Waals surface area contributed by atoms with Crippen molar-refractivity contribution in [2.24, 2.45) is 0 Å². The zero-order valence-corrected chi connectivity index (χ0v) is 17.1. The Morgan fingerprint density at radius 1 is 0.966 bits per heavy atom. The van der Waals surface area contributed by atoms with E-state index in [4.69, 9.17) is 14.2 Å². The molecule has 0 N–H and O–H groups in total. The number of carbonyl (C=O) groups is 1. The number of ketones is 1. The van der Waals surface area contributed by atoms with Gasteiger partial charge in [0.2, 0.25) is 6.79 Å². The molecule has 0 spiro atoms. The molecule has 0 aromatic heterocycles. The number of Topliss-reactive ketones (excluding diaryl/α,β-unsaturated/α-hetero) is 1. The molecule has 154 valence electrons. The van der Waals surface area contributed by atoms with Crippen molar-refractivity contribution in [2.45, 2.75) is 26.9 Å². The zero-order valence-electron chi connectivity index (χ0n) is 17.1. The highest BCUT2D eigenvalue weighted by atomic mass is 16.7. The topological polar surface area (TPSA) is 51.2 Å². The van der Waals surface area contributed by atoms with Crippen molar-refractivity contribution in [1.29, 1.82) is 0 Å². The van der Waals surface area contributed by atoms with Crippen LogP contribution in [0, 0.1) is 0 Å². The molecular formula is C23H28N2O4. The molecule has 2 heterocycles. The first kappa shape index (κ1) is 19.7. The summed E-state index contributed by atoms with van der Waals surface area (Å²) in [5, 5.41) is 0. The van der Waals surface area contributed by atoms with E-state index in [-0.39, 0.29) is 5.78 Å². The van der Waals surface area contributed by atoms with Gasteiger partial charge >= 0.3 is 0 Å². The fourth-order valence-corrected chi connectivity index (χ4v) is 3.86. The van der Waals surface area contributed by atoms with Crippen molar-refractivity contribution in [2.75, 3.05) is 39.6 Å². The van der Waals surface area contributed by atoms with Gasteiger partial charge in [-0.05, 0) is 49.7 Å². The average molecular weight is 396 g/mol. The van der Waals surface area contributed by atoms with Crippen LogP contribution in [-0.2, 0) is 13.1 Å². The summed E-state index contributed by atoms with van der Waals surface area (Å²) in [4.78, 5) is 16.7. The Balaban J connectivity index is 1.35. The lowest BCUT2D eigenvalue weighted by molar-refractivity contribution is 0.101. The molecule has 1 fully saturated rings. The first-order chi connectivity index (χ1) is 14.1. The van der Waals surface area contributed by atoms with Crippen molar-refractivity contribution < 1.29 is 19.0 Å². The van der Waals surface area contributed by atoms with Gasteiger partial charge in [-0.1, -0.05) is 6.07 Å². The van der Waals surface area contributed by atoms with Crippen LogP contribution in [0.2, 0.25) is 0 Å². The Morgan fingerprint density at radius 2 is 1.69 bits per heavy atom. The lowest BCUT2D eigenvalue weighted by atomic mass is 10.1. The minimum absolute atomic E-state index is 0.0860. The van der Waals surface area contributed by atoms with E-state index in [1.54, 1.807) is 6.92 Å². The molecule has 2 aromatic carbocycles. The third-order valence-corrected chi connectivity index (χ3v) is 5.47. The lowest BCUT2D eigenvalue weighted by Gasteiger charge is -2.35. The minimum Gasteiger partial charge on any atom is -0.494 e. The molecule has 6 heteroatoms. The van der Waals surface area contributed by atoms with Crippen molar-refractivity contribution in [3.05, 3.63) is 53.1 Å². The Morgan fingerprint density at radius 3 is 2.41 bits per heavy atom. The van der Waals surface area contributed by atoms with Gasteiger partial charge in [0.25, 0.3) is 0 Å². The fourth-order valence-electron chi connectivity index (χ4n) is 3.86. The monoisotopic (exact) mass is 396 g/mol. The second kappa shape index (κ2) is 8.84. The molecule has 1 saturated heterocycles. The maximum absolute atomic E-state index is 11.8. The van der Waals surface area contributed by atoms with E-state index >= 15 is 0 Å². The quantitative estimate of drug-likeness (QED) is 0.669. The van der Waals surface area contributed by atoms with Gasteiger partial charge in [0.15, 0.2) is 17.3 Å². The van der Waals surface area contributed by atoms with Crippen LogP contribution in [0.25, 0.3) is 0 Å². The van der Waals surface area contributed by atoms with E-state index in [1.165, 1.54) is 5.56 Å². The number of nitrogens with zero attached hydrogens (tertiary/aromatic N) is 2. The first-order valence-corrected chi connectivity index (χ1v) is 10.2. The second-order valence-corrected chi connectivity index (χ2v) is 7.55. The Kier molecular flexibility index (Phi) is 6.02. The highest BCUT2D eigenvalue weighted by Crippen LogP contribution is 2.33. The molecule has 6 nitrogen and oxygen atoms in total. The van der Waals surface area contributed by atoms with Gasteiger partial charge < -0.3 is 14.2 Å². The molecule has 0 atom stereocenters. The molecule has 0 saturated carbocycles. The van der Waals surface area contributed by atoms with Gasteiger partial charge in [0.05, 0.1) is 6.61 Å². The highest BCUT2D eigenvalue weighted by molar-refractivity contribution is 5.94. The number of hydrogen-bond donors (Lipinski definition) is 0. The van der Waals surface area contributed by atoms with E-state index in [9.17, 15) is 4.79 Å². The van der Waals surface area contributed by atoms with Gasteiger partial charge in [-0.3, -0.25) is 14.6 Å². The molecule has 0 radical (unpaired) electrons. The summed E-state index contributed by atoms with van der Waals surface area (Å²) in [7, 11) is 0. The fraction of sp³-hybridized carbons (Fsp3) is 0.435. The Hall–Kier alpha value is -2.57. The summed E-state index contributed by atoms with van der Waals surface area (Å²) >= 11 is 0. The van der Waals surface area contributed by atoms with Crippen LogP contribution in [0.1, 0.15) is 35.3 Å². The summed E-state index contributed by atoms with van der Waals surface area (Å²) < 4.78 is 16.7. The van der Waals surface area contributed by atoms with Gasteiger partial charge in [-0.2, -0.15) is 0 Å². The van der Waals surface area contributed by atoms with E-state index in [1.807, 2.05) is 31.2 Å². The van der Waals surface area contributed by atoms with Crippen LogP contribution in [0.3, 0.4) is 0 Å². The average Bonchev–Trinajstić information content (AvgIpc) is 3.18. The van der Waals surface area contributed by atoms with Crippen molar-refractivity contribution in [3.8, 4) is 17.2 Å². The standard InChI is InChI=1S/C23H28N2O4/c1-3-27-21-7-5-19(17(2)26)13-20(21)15-25-10-8-24(9-11-25)14-18-4-6-22-23(12-18)29-16-28-22/h4-7,12-13H,3,8-11,14-16H2,1-2H3. The first-order valence-electron chi connectivity index (χ1n) is 10.2. The number of piperazine rings is 1. The Bertz CT molecular complexity index is 875. The summed E-state index contributed by atoms with van der Waals surface area (Å²) in [6, 6.07) is 11.9. The molecule has 0 amide bonds. The van der Waals surface area contributed by atoms with E-state index in [2.05, 4.69) is 21.9 Å². The van der Waals surface area contributed by atoms with Gasteiger partial charge in [0.1, 0.15) is 5.75 Å². The molecule has 29 heavy (non-hydrogen) atoms. The SMILES string of the molecule is CCOc1ccc(C(C)=O)cc1CN1CCN(Cc2ccc3c(c2)OCO3)CC1. The third-order valence-electron chi connectivity index (χ3n) is 5.47. The normalized spacial score (nSPS) is 16.8. The number of ether oxygens (including phenoxy) is 3. The van der Waals surface area contributed by atoms with Gasteiger partial charge in [0, 0.05) is 50.4 Å². The van der Waals surface area contributed by atoms with E-state index < -0.39 is 0 Å². The minimum atomic E-state index is 0.0860. The van der Waals surface area contributed by atoms with Crippen LogP contribution in [-0.4, -0.2) is 55.2 Å². The predicted octanol–water partition coefficient (Wildman–Crippen LogP) is 3.33. The van der Waals surface area contributed by atoms with Crippen LogP contribution < -0.4 is 14.2 Å². The number of benzene rings is 2. The highest BCUT2D eigenvalue weighted by Gasteiger charge is 2.20. The van der Waals surface area contributed by atoms with E-state index in [0.29, 0.717) is 13.4 Å². The maximum Gasteiger partial charge on any atom is 0.231 e. The number of rotatable bonds is 7. The summed E-state index contributed by atoms with van der Waals surface area (Å²) in [5.41, 5.74) is 3.07. The largest absolute Gasteiger partial charge is 0.494 e. The number of carbonyl (C=O) groups excluding carboxylic acids is 1. The van der Waals surface area contributed by atoms with Crippen LogP contribution in [0.5, 0.6) is 17.2 Å². The van der Waals surface area contributed by atoms with E-state index in [0.717, 1.165) is 67.6 Å². The molecule has 0 bridgehead atoms. The van der Waals surface area contributed by atoms with Crippen molar-refractivity contribution >= 4 is 5.78 Å². The van der Waals surface area contributed by atoms with Gasteiger partial charge in [-0.25, -0.2) is 0 Å². The van der Waals surface area contributed by atoms with Crippen molar-refractivity contribution in [1.82, 2.24) is 9.80 Å². The number of hydrogen-bond acceptors (Lipinski definition) is 6. The molecule has 0 unspecified atom stereocenters. The zero-order chi connectivity index (χ0) is 20.2. The summed E-state index contributed by atoms with van der Waals surface area (Å²) in [6.45, 7) is 10.2. The maximum atomic E-state index is 11.8. The van der Waals surface area contributed by atoms with Crippen molar-refractivity contribution in [3.63, 3.8) is 0 Å². The van der Waals surface area contributed by atoms with Crippen LogP contribution >= 0.6 is 0 Å². The molecular weight excluding hydrogens is 368 g/mol. The molecule has 2 aliphatic rings. The molecule has 4 rings (SSSR count).